The summed E-state index contributed by atoms with van der Waals surface area (Å²) in [6, 6.07) is 19.6. The maximum Gasteiger partial charge on any atom is 0.315 e. The van der Waals surface area contributed by atoms with Gasteiger partial charge in [-0.25, -0.2) is 4.79 Å². The van der Waals surface area contributed by atoms with Crippen LogP contribution in [0.2, 0.25) is 0 Å². The zero-order valence-corrected chi connectivity index (χ0v) is 13.7. The number of carbonyl (C=O) groups excluding carboxylic acids is 1. The number of benzene rings is 2. The fraction of sp³-hybridized carbons (Fsp3) is 0.316. The molecule has 0 saturated carbocycles. The molecule has 0 bridgehead atoms. The molecule has 0 aliphatic heterocycles. The predicted molar refractivity (Wildman–Crippen MR) is 92.1 cm³/mol. The van der Waals surface area contributed by atoms with E-state index in [0.717, 1.165) is 17.5 Å². The average molecular weight is 312 g/mol. The average Bonchev–Trinajstić information content (AvgIpc) is 2.63. The lowest BCUT2D eigenvalue weighted by atomic mass is 9.91. The molecule has 0 aliphatic rings. The number of nitrogens with one attached hydrogen (secondary N) is 2. The van der Waals surface area contributed by atoms with Crippen molar-refractivity contribution < 1.29 is 9.53 Å². The van der Waals surface area contributed by atoms with Gasteiger partial charge in [-0.05, 0) is 17.5 Å². The molecule has 0 heterocycles. The van der Waals surface area contributed by atoms with Gasteiger partial charge in [0.1, 0.15) is 5.60 Å². The predicted octanol–water partition coefficient (Wildman–Crippen LogP) is 3.44. The van der Waals surface area contributed by atoms with E-state index in [1.54, 1.807) is 7.11 Å². The third-order valence-electron chi connectivity index (χ3n) is 4.09. The Morgan fingerprint density at radius 1 is 1.00 bits per heavy atom. The van der Waals surface area contributed by atoms with Crippen LogP contribution in [0.1, 0.15) is 24.5 Å². The molecular weight excluding hydrogens is 288 g/mol. The fourth-order valence-corrected chi connectivity index (χ4v) is 2.57. The highest BCUT2D eigenvalue weighted by molar-refractivity contribution is 5.73. The summed E-state index contributed by atoms with van der Waals surface area (Å²) in [5, 5.41) is 5.78. The van der Waals surface area contributed by atoms with Crippen LogP contribution in [0, 0.1) is 0 Å². The molecule has 2 aromatic rings. The van der Waals surface area contributed by atoms with Crippen molar-refractivity contribution in [2.45, 2.75) is 25.5 Å². The summed E-state index contributed by atoms with van der Waals surface area (Å²) >= 11 is 0. The molecule has 4 nitrogen and oxygen atoms in total. The van der Waals surface area contributed by atoms with Crippen molar-refractivity contribution in [1.82, 2.24) is 10.6 Å². The Labute approximate surface area is 137 Å². The summed E-state index contributed by atoms with van der Waals surface area (Å²) in [4.78, 5) is 12.0. The second-order valence-electron chi connectivity index (χ2n) is 5.44. The third kappa shape index (κ3) is 4.57. The van der Waals surface area contributed by atoms with Gasteiger partial charge in [0.15, 0.2) is 0 Å². The molecule has 122 valence electrons. The minimum atomic E-state index is -0.509. The molecule has 0 fully saturated rings. The second-order valence-corrected chi connectivity index (χ2v) is 5.44. The summed E-state index contributed by atoms with van der Waals surface area (Å²) in [5.41, 5.74) is 1.62. The van der Waals surface area contributed by atoms with Crippen LogP contribution in [0.15, 0.2) is 60.7 Å². The normalized spacial score (nSPS) is 13.1. The van der Waals surface area contributed by atoms with Crippen LogP contribution in [0.3, 0.4) is 0 Å². The maximum absolute atomic E-state index is 12.0. The minimum Gasteiger partial charge on any atom is -0.372 e. The Morgan fingerprint density at radius 3 is 2.17 bits per heavy atom. The number of amides is 2. The van der Waals surface area contributed by atoms with Gasteiger partial charge in [0.05, 0.1) is 6.54 Å². The number of methoxy groups -OCH3 is 1. The number of rotatable bonds is 7. The van der Waals surface area contributed by atoms with Crippen molar-refractivity contribution >= 4 is 6.03 Å². The maximum atomic E-state index is 12.0. The van der Waals surface area contributed by atoms with Crippen molar-refractivity contribution in [2.75, 3.05) is 13.7 Å². The first-order valence-electron chi connectivity index (χ1n) is 7.86. The van der Waals surface area contributed by atoms with Crippen LogP contribution < -0.4 is 10.6 Å². The molecule has 0 spiro atoms. The van der Waals surface area contributed by atoms with Crippen LogP contribution in [0.4, 0.5) is 4.79 Å². The van der Waals surface area contributed by atoms with E-state index < -0.39 is 5.60 Å². The van der Waals surface area contributed by atoms with Crippen LogP contribution in [0.25, 0.3) is 0 Å². The summed E-state index contributed by atoms with van der Waals surface area (Å²) in [6.07, 6.45) is 0.770. The topological polar surface area (TPSA) is 50.4 Å². The molecular formula is C19H24N2O2. The zero-order valence-electron chi connectivity index (χ0n) is 13.7. The largest absolute Gasteiger partial charge is 0.372 e. The Morgan fingerprint density at radius 2 is 1.61 bits per heavy atom. The van der Waals surface area contributed by atoms with Gasteiger partial charge in [-0.1, -0.05) is 67.6 Å². The lowest BCUT2D eigenvalue weighted by molar-refractivity contribution is -0.0152. The summed E-state index contributed by atoms with van der Waals surface area (Å²) < 4.78 is 5.74. The molecule has 2 amide bonds. The van der Waals surface area contributed by atoms with Crippen LogP contribution in [0.5, 0.6) is 0 Å². The molecule has 2 aromatic carbocycles. The van der Waals surface area contributed by atoms with E-state index in [1.807, 2.05) is 60.7 Å². The van der Waals surface area contributed by atoms with Gasteiger partial charge in [0.2, 0.25) is 0 Å². The Kier molecular flexibility index (Phi) is 6.18. The number of hydrogen-bond acceptors (Lipinski definition) is 2. The molecule has 0 aliphatic carbocycles. The van der Waals surface area contributed by atoms with Gasteiger partial charge in [-0.2, -0.15) is 0 Å². The van der Waals surface area contributed by atoms with Crippen molar-refractivity contribution in [2.24, 2.45) is 0 Å². The molecule has 2 rings (SSSR count). The first-order valence-corrected chi connectivity index (χ1v) is 7.86. The zero-order chi connectivity index (χ0) is 16.5. The summed E-state index contributed by atoms with van der Waals surface area (Å²) in [7, 11) is 1.68. The van der Waals surface area contributed by atoms with E-state index in [9.17, 15) is 4.79 Å². The third-order valence-corrected chi connectivity index (χ3v) is 4.09. The van der Waals surface area contributed by atoms with Crippen LogP contribution in [-0.4, -0.2) is 19.7 Å². The van der Waals surface area contributed by atoms with E-state index in [2.05, 4.69) is 17.6 Å². The van der Waals surface area contributed by atoms with Crippen molar-refractivity contribution in [3.63, 3.8) is 0 Å². The van der Waals surface area contributed by atoms with Crippen molar-refractivity contribution in [3.8, 4) is 0 Å². The quantitative estimate of drug-likeness (QED) is 0.823. The highest BCUT2D eigenvalue weighted by atomic mass is 16.5. The van der Waals surface area contributed by atoms with Gasteiger partial charge >= 0.3 is 6.03 Å². The monoisotopic (exact) mass is 312 g/mol. The number of hydrogen-bond donors (Lipinski definition) is 2. The Balaban J connectivity index is 1.92. The molecule has 23 heavy (non-hydrogen) atoms. The van der Waals surface area contributed by atoms with E-state index >= 15 is 0 Å². The molecule has 0 aromatic heterocycles. The first kappa shape index (κ1) is 17.0. The summed E-state index contributed by atoms with van der Waals surface area (Å²) in [6.45, 7) is 2.98. The SMILES string of the molecule is CCC(CNC(=O)NCc1ccccc1)(OC)c1ccccc1. The van der Waals surface area contributed by atoms with E-state index in [1.165, 1.54) is 0 Å². The highest BCUT2D eigenvalue weighted by Crippen LogP contribution is 2.27. The Hall–Kier alpha value is -2.33. The van der Waals surface area contributed by atoms with Crippen LogP contribution in [-0.2, 0) is 16.9 Å². The van der Waals surface area contributed by atoms with Gasteiger partial charge in [0.25, 0.3) is 0 Å². The van der Waals surface area contributed by atoms with Gasteiger partial charge in [-0.3, -0.25) is 0 Å². The summed E-state index contributed by atoms with van der Waals surface area (Å²) in [5.74, 6) is 0. The van der Waals surface area contributed by atoms with Crippen LogP contribution >= 0.6 is 0 Å². The van der Waals surface area contributed by atoms with Crippen molar-refractivity contribution in [1.29, 1.82) is 0 Å². The lowest BCUT2D eigenvalue weighted by Gasteiger charge is -2.32. The lowest BCUT2D eigenvalue weighted by Crippen LogP contribution is -2.45. The molecule has 0 radical (unpaired) electrons. The van der Waals surface area contributed by atoms with E-state index in [-0.39, 0.29) is 6.03 Å². The smallest absolute Gasteiger partial charge is 0.315 e. The van der Waals surface area contributed by atoms with Gasteiger partial charge in [0, 0.05) is 13.7 Å². The molecule has 4 heteroatoms. The minimum absolute atomic E-state index is 0.195. The van der Waals surface area contributed by atoms with Gasteiger partial charge < -0.3 is 15.4 Å². The van der Waals surface area contributed by atoms with Crippen molar-refractivity contribution in [3.05, 3.63) is 71.8 Å². The number of ether oxygens (including phenoxy) is 1. The van der Waals surface area contributed by atoms with E-state index in [4.69, 9.17) is 4.74 Å². The number of urea groups is 1. The standard InChI is InChI=1S/C19H24N2O2/c1-3-19(23-2,17-12-8-5-9-13-17)15-21-18(22)20-14-16-10-6-4-7-11-16/h4-13H,3,14-15H2,1-2H3,(H2,20,21,22). The number of carbonyl (C=O) groups is 1. The highest BCUT2D eigenvalue weighted by Gasteiger charge is 2.30. The Bertz CT molecular complexity index is 595. The molecule has 0 saturated heterocycles. The van der Waals surface area contributed by atoms with Gasteiger partial charge in [-0.15, -0.1) is 0 Å². The van der Waals surface area contributed by atoms with E-state index in [0.29, 0.717) is 13.1 Å². The fourth-order valence-electron chi connectivity index (χ4n) is 2.57. The first-order chi connectivity index (χ1) is 11.2. The molecule has 2 N–H and O–H groups in total. The second kappa shape index (κ2) is 8.34. The molecule has 1 atom stereocenters. The molecule has 1 unspecified atom stereocenters.